The molecule has 0 rings (SSSR count). The van der Waals surface area contributed by atoms with Crippen LogP contribution < -0.4 is 0 Å². The monoisotopic (exact) mass is 1440 g/mol. The molecule has 100 heavy (non-hydrogen) atoms. The Kier molecular flexibility index (Phi) is 69.5. The van der Waals surface area contributed by atoms with Crippen molar-refractivity contribution in [1.29, 1.82) is 0 Å². The lowest BCUT2D eigenvalue weighted by Crippen LogP contribution is -2.30. The van der Waals surface area contributed by atoms with Crippen molar-refractivity contribution in [2.75, 3.05) is 39.6 Å². The number of phosphoric ester groups is 2. The fraction of sp³-hybridized carbons (Fsp3) is 0.704. The molecular formula is C81H138O17P2. The first kappa shape index (κ1) is 95.5. The number of rotatable bonds is 72. The van der Waals surface area contributed by atoms with Gasteiger partial charge in [-0.2, -0.15) is 0 Å². The second-order valence-electron chi connectivity index (χ2n) is 25.5. The Morgan fingerprint density at radius 3 is 0.840 bits per heavy atom. The summed E-state index contributed by atoms with van der Waals surface area (Å²) in [5.74, 6) is -2.25. The molecule has 17 nitrogen and oxygen atoms in total. The topological polar surface area (TPSA) is 237 Å². The molecule has 0 radical (unpaired) electrons. The Labute approximate surface area is 606 Å². The Balaban J connectivity index is 5.37. The molecule has 5 atom stereocenters. The number of aliphatic hydroxyl groups is 1. The maximum Gasteiger partial charge on any atom is 0.472 e. The van der Waals surface area contributed by atoms with Gasteiger partial charge in [0.05, 0.1) is 26.4 Å². The average Bonchev–Trinajstić information content (AvgIpc) is 0.926. The number of aliphatic hydroxyl groups excluding tert-OH is 1. The molecule has 0 fully saturated rings. The number of unbranched alkanes of at least 4 members (excludes halogenated alkanes) is 26. The van der Waals surface area contributed by atoms with Crippen molar-refractivity contribution >= 4 is 39.5 Å². The molecule has 0 spiro atoms. The Hall–Kier alpha value is -4.54. The fourth-order valence-electron chi connectivity index (χ4n) is 10.1. The van der Waals surface area contributed by atoms with Crippen molar-refractivity contribution in [3.8, 4) is 0 Å². The maximum atomic E-state index is 13.1. The summed E-state index contributed by atoms with van der Waals surface area (Å²) in [4.78, 5) is 72.9. The molecule has 0 aromatic rings. The maximum absolute atomic E-state index is 13.1. The van der Waals surface area contributed by atoms with Crippen LogP contribution in [0.25, 0.3) is 0 Å². The van der Waals surface area contributed by atoms with Gasteiger partial charge in [0.15, 0.2) is 12.2 Å². The Morgan fingerprint density at radius 2 is 0.520 bits per heavy atom. The van der Waals surface area contributed by atoms with Crippen molar-refractivity contribution in [2.24, 2.45) is 0 Å². The van der Waals surface area contributed by atoms with Crippen molar-refractivity contribution in [1.82, 2.24) is 0 Å². The molecule has 0 saturated heterocycles. The van der Waals surface area contributed by atoms with E-state index >= 15 is 0 Å². The Morgan fingerprint density at radius 1 is 0.290 bits per heavy atom. The molecule has 574 valence electrons. The summed E-state index contributed by atoms with van der Waals surface area (Å²) in [5, 5.41) is 10.6. The standard InChI is InChI=1S/C81H138O17P2/c1-5-9-13-17-21-25-29-32-35-36-37-38-41-43-47-50-54-58-62-66-79(84)92-72-77(98-81(86)68-64-60-56-52-48-44-40-34-31-27-23-19-15-11-7-3)74-96-100(89,90)94-70-75(82)69-93-99(87,88)95-73-76(97-80(85)67-63-59-55-51-45-28-24-20-16-12-8-4)71-91-78(83)65-61-57-53-49-46-42-39-33-30-26-22-18-14-10-6-2/h10-11,14-15,21-23,25-27,32-35,37-40,48,52,75-77,82H,5-9,12-13,16-20,24,28-31,36,41-47,49-51,53-74H2,1-4H3,(H,87,88)(H,89,90)/b14-10-,15-11-,25-21-,26-22-,27-23-,35-32-,38-37-,39-33-,40-34-,52-48-. The van der Waals surface area contributed by atoms with E-state index in [1.54, 1.807) is 0 Å². The number of hydrogen-bond acceptors (Lipinski definition) is 15. The molecule has 0 aliphatic carbocycles. The summed E-state index contributed by atoms with van der Waals surface area (Å²) < 4.78 is 68.4. The van der Waals surface area contributed by atoms with Gasteiger partial charge in [-0.25, -0.2) is 9.13 Å². The highest BCUT2D eigenvalue weighted by atomic mass is 31.2. The van der Waals surface area contributed by atoms with Crippen LogP contribution in [0.2, 0.25) is 0 Å². The fourth-order valence-corrected chi connectivity index (χ4v) is 11.6. The van der Waals surface area contributed by atoms with Crippen LogP contribution in [-0.2, 0) is 65.4 Å². The molecule has 0 aromatic heterocycles. The second kappa shape index (κ2) is 72.8. The van der Waals surface area contributed by atoms with E-state index in [0.29, 0.717) is 32.1 Å². The normalized spacial score (nSPS) is 14.6. The van der Waals surface area contributed by atoms with Gasteiger partial charge in [0.25, 0.3) is 0 Å². The molecule has 3 N–H and O–H groups in total. The lowest BCUT2D eigenvalue weighted by molar-refractivity contribution is -0.161. The smallest absolute Gasteiger partial charge is 0.462 e. The third kappa shape index (κ3) is 71.8. The number of phosphoric acid groups is 2. The largest absolute Gasteiger partial charge is 0.472 e. The van der Waals surface area contributed by atoms with Crippen LogP contribution in [-0.4, -0.2) is 96.7 Å². The van der Waals surface area contributed by atoms with Crippen LogP contribution >= 0.6 is 15.6 Å². The predicted octanol–water partition coefficient (Wildman–Crippen LogP) is 22.3. The molecule has 0 heterocycles. The van der Waals surface area contributed by atoms with Crippen molar-refractivity contribution in [2.45, 2.75) is 329 Å². The summed E-state index contributed by atoms with van der Waals surface area (Å²) in [6.07, 6.45) is 79.1. The molecule has 0 saturated carbocycles. The highest BCUT2D eigenvalue weighted by Gasteiger charge is 2.30. The van der Waals surface area contributed by atoms with Crippen LogP contribution in [0.3, 0.4) is 0 Å². The van der Waals surface area contributed by atoms with Gasteiger partial charge in [-0.05, 0) is 135 Å². The number of ether oxygens (including phenoxy) is 4. The number of esters is 4. The molecule has 0 aromatic carbocycles. The lowest BCUT2D eigenvalue weighted by atomic mass is 10.1. The molecule has 19 heteroatoms. The number of allylic oxidation sites excluding steroid dienone is 20. The Bertz CT molecular complexity index is 2370. The van der Waals surface area contributed by atoms with Gasteiger partial charge in [0.1, 0.15) is 19.3 Å². The van der Waals surface area contributed by atoms with E-state index in [0.717, 1.165) is 167 Å². The molecule has 0 bridgehead atoms. The van der Waals surface area contributed by atoms with Gasteiger partial charge in [0.2, 0.25) is 0 Å². The van der Waals surface area contributed by atoms with Gasteiger partial charge >= 0.3 is 39.5 Å². The van der Waals surface area contributed by atoms with E-state index in [1.807, 2.05) is 0 Å². The zero-order valence-electron chi connectivity index (χ0n) is 62.6. The highest BCUT2D eigenvalue weighted by molar-refractivity contribution is 7.47. The van der Waals surface area contributed by atoms with Crippen molar-refractivity contribution < 1.29 is 80.2 Å². The van der Waals surface area contributed by atoms with Crippen molar-refractivity contribution in [3.05, 3.63) is 122 Å². The first-order valence-electron chi connectivity index (χ1n) is 38.8. The number of hydrogen-bond donors (Lipinski definition) is 3. The summed E-state index contributed by atoms with van der Waals surface area (Å²) >= 11 is 0. The number of carbonyl (C=O) groups is 4. The van der Waals surface area contributed by atoms with Crippen LogP contribution in [0.15, 0.2) is 122 Å². The summed E-state index contributed by atoms with van der Waals surface area (Å²) in [6.45, 7) is 4.54. The zero-order chi connectivity index (χ0) is 73.2. The van der Waals surface area contributed by atoms with Gasteiger partial charge in [0, 0.05) is 25.7 Å². The zero-order valence-corrected chi connectivity index (χ0v) is 64.4. The first-order chi connectivity index (χ1) is 48.7. The average molecular weight is 1450 g/mol. The van der Waals surface area contributed by atoms with E-state index in [9.17, 15) is 43.2 Å². The molecule has 5 unspecified atom stereocenters. The third-order valence-electron chi connectivity index (χ3n) is 15.9. The molecule has 0 aliphatic heterocycles. The first-order valence-corrected chi connectivity index (χ1v) is 41.8. The van der Waals surface area contributed by atoms with Crippen LogP contribution in [0, 0.1) is 0 Å². The summed E-state index contributed by atoms with van der Waals surface area (Å²) in [7, 11) is -9.97. The van der Waals surface area contributed by atoms with Gasteiger partial charge in [-0.3, -0.25) is 37.3 Å². The minimum Gasteiger partial charge on any atom is -0.462 e. The third-order valence-corrected chi connectivity index (χ3v) is 17.8. The lowest BCUT2D eigenvalue weighted by Gasteiger charge is -2.21. The molecule has 0 aliphatic rings. The van der Waals surface area contributed by atoms with Crippen LogP contribution in [0.5, 0.6) is 0 Å². The SMILES string of the molecule is CC/C=C\C/C=C\C/C=C\C/C=C\CCCCC(=O)OC(COC(=O)CCCCCCCC/C=C\C/C=C\C/C=C\CCCCC)COP(=O)(O)OCC(O)COP(=O)(O)OCC(COC(=O)CCCCCCC/C=C\C/C=C\C/C=C\CC)OC(=O)CCCCCCCCCCCCC. The van der Waals surface area contributed by atoms with E-state index in [4.69, 9.17) is 37.0 Å². The van der Waals surface area contributed by atoms with E-state index in [1.165, 1.54) is 57.8 Å². The minimum absolute atomic E-state index is 0.0376. The molecule has 0 amide bonds. The predicted molar refractivity (Wildman–Crippen MR) is 408 cm³/mol. The van der Waals surface area contributed by atoms with Crippen LogP contribution in [0.1, 0.15) is 310 Å². The van der Waals surface area contributed by atoms with Crippen molar-refractivity contribution in [3.63, 3.8) is 0 Å². The van der Waals surface area contributed by atoms with E-state index in [-0.39, 0.29) is 25.7 Å². The van der Waals surface area contributed by atoms with E-state index < -0.39 is 97.5 Å². The highest BCUT2D eigenvalue weighted by Crippen LogP contribution is 2.45. The molecular weight excluding hydrogens is 1310 g/mol. The van der Waals surface area contributed by atoms with Crippen LogP contribution in [0.4, 0.5) is 0 Å². The number of carbonyl (C=O) groups excluding carboxylic acids is 4. The minimum atomic E-state index is -4.99. The van der Waals surface area contributed by atoms with Gasteiger partial charge in [-0.1, -0.05) is 271 Å². The summed E-state index contributed by atoms with van der Waals surface area (Å²) in [5.41, 5.74) is 0. The quantitative estimate of drug-likeness (QED) is 0.0169. The van der Waals surface area contributed by atoms with Gasteiger partial charge < -0.3 is 33.8 Å². The second-order valence-corrected chi connectivity index (χ2v) is 28.4. The van der Waals surface area contributed by atoms with E-state index in [2.05, 4.69) is 149 Å². The summed E-state index contributed by atoms with van der Waals surface area (Å²) in [6, 6.07) is 0. The van der Waals surface area contributed by atoms with Gasteiger partial charge in [-0.15, -0.1) is 0 Å².